The van der Waals surface area contributed by atoms with E-state index < -0.39 is 0 Å². The molecule has 0 spiro atoms. The highest BCUT2D eigenvalue weighted by molar-refractivity contribution is 6.28. The highest BCUT2D eigenvalue weighted by Crippen LogP contribution is 2.25. The van der Waals surface area contributed by atoms with Crippen LogP contribution >= 0.6 is 11.6 Å². The Labute approximate surface area is 133 Å². The summed E-state index contributed by atoms with van der Waals surface area (Å²) >= 11 is 5.98. The normalized spacial score (nSPS) is 10.9. The molecule has 2 aromatic carbocycles. The quantitative estimate of drug-likeness (QED) is 0.754. The Balaban J connectivity index is 1.96. The first kappa shape index (κ1) is 14.5. The third-order valence-corrected chi connectivity index (χ3v) is 3.23. The van der Waals surface area contributed by atoms with Crippen molar-refractivity contribution in [2.24, 2.45) is 0 Å². The zero-order valence-electron chi connectivity index (χ0n) is 12.3. The fourth-order valence-corrected chi connectivity index (χ4v) is 2.34. The number of nitrogens with one attached hydrogen (secondary N) is 2. The molecule has 0 atom stereocenters. The van der Waals surface area contributed by atoms with Gasteiger partial charge in [-0.05, 0) is 36.9 Å². The number of anilines is 3. The summed E-state index contributed by atoms with van der Waals surface area (Å²) in [6.45, 7) is 4.02. The first-order valence-corrected chi connectivity index (χ1v) is 7.42. The van der Waals surface area contributed by atoms with Gasteiger partial charge in [0.25, 0.3) is 0 Å². The first-order chi connectivity index (χ1) is 10.6. The van der Waals surface area contributed by atoms with Crippen LogP contribution in [0, 0.1) is 0 Å². The number of fused-ring (bicyclic) bond motifs is 1. The molecule has 0 aliphatic rings. The van der Waals surface area contributed by atoms with E-state index in [2.05, 4.69) is 37.7 Å². The van der Waals surface area contributed by atoms with Gasteiger partial charge in [-0.25, -0.2) is 0 Å². The number of halogens is 1. The Hall–Kier alpha value is -2.40. The van der Waals surface area contributed by atoms with Crippen LogP contribution in [0.15, 0.2) is 42.5 Å². The van der Waals surface area contributed by atoms with Gasteiger partial charge < -0.3 is 10.6 Å². The molecule has 0 aliphatic heterocycles. The van der Waals surface area contributed by atoms with Crippen LogP contribution in [0.3, 0.4) is 0 Å². The second-order valence-electron chi connectivity index (χ2n) is 5.20. The lowest BCUT2D eigenvalue weighted by atomic mass is 10.1. The number of aromatic nitrogens is 3. The molecule has 22 heavy (non-hydrogen) atoms. The number of hydrogen-bond acceptors (Lipinski definition) is 5. The van der Waals surface area contributed by atoms with Crippen molar-refractivity contribution in [1.82, 2.24) is 15.0 Å². The molecular formula is C16H16ClN5. The summed E-state index contributed by atoms with van der Waals surface area (Å²) in [5.74, 6) is 0.872. The summed E-state index contributed by atoms with van der Waals surface area (Å²) in [5.41, 5.74) is 0.927. The van der Waals surface area contributed by atoms with E-state index >= 15 is 0 Å². The van der Waals surface area contributed by atoms with Gasteiger partial charge in [0, 0.05) is 17.1 Å². The van der Waals surface area contributed by atoms with Crippen LogP contribution in [0.4, 0.5) is 17.6 Å². The smallest absolute Gasteiger partial charge is 0.233 e. The molecule has 0 fully saturated rings. The van der Waals surface area contributed by atoms with Crippen molar-refractivity contribution in [3.63, 3.8) is 0 Å². The SMILES string of the molecule is CC(C)Nc1nc(Cl)nc(Nc2cccc3ccccc23)n1. The molecule has 112 valence electrons. The van der Waals surface area contributed by atoms with Gasteiger partial charge in [-0.2, -0.15) is 15.0 Å². The lowest BCUT2D eigenvalue weighted by Gasteiger charge is -2.11. The minimum atomic E-state index is 0.154. The summed E-state index contributed by atoms with van der Waals surface area (Å²) < 4.78 is 0. The number of hydrogen-bond donors (Lipinski definition) is 2. The average molecular weight is 314 g/mol. The average Bonchev–Trinajstić information content (AvgIpc) is 2.46. The van der Waals surface area contributed by atoms with Gasteiger partial charge in [0.1, 0.15) is 0 Å². The summed E-state index contributed by atoms with van der Waals surface area (Å²) in [6.07, 6.45) is 0. The fraction of sp³-hybridized carbons (Fsp3) is 0.188. The molecule has 0 aliphatic carbocycles. The number of rotatable bonds is 4. The highest BCUT2D eigenvalue weighted by atomic mass is 35.5. The van der Waals surface area contributed by atoms with E-state index in [1.807, 2.05) is 44.2 Å². The van der Waals surface area contributed by atoms with Crippen LogP contribution in [0.2, 0.25) is 5.28 Å². The van der Waals surface area contributed by atoms with Gasteiger partial charge in [-0.1, -0.05) is 36.4 Å². The summed E-state index contributed by atoms with van der Waals surface area (Å²) in [5, 5.41) is 8.73. The second-order valence-corrected chi connectivity index (χ2v) is 5.54. The topological polar surface area (TPSA) is 62.7 Å². The maximum absolute atomic E-state index is 5.98. The molecule has 0 unspecified atom stereocenters. The van der Waals surface area contributed by atoms with E-state index in [1.165, 1.54) is 0 Å². The third kappa shape index (κ3) is 3.26. The predicted octanol–water partition coefficient (Wildman–Crippen LogP) is 4.24. The van der Waals surface area contributed by atoms with Crippen molar-refractivity contribution in [2.45, 2.75) is 19.9 Å². The Bertz CT molecular complexity index is 798. The maximum Gasteiger partial charge on any atom is 0.233 e. The van der Waals surface area contributed by atoms with Gasteiger partial charge in [-0.3, -0.25) is 0 Å². The van der Waals surface area contributed by atoms with Crippen molar-refractivity contribution in [1.29, 1.82) is 0 Å². The van der Waals surface area contributed by atoms with E-state index in [0.29, 0.717) is 11.9 Å². The van der Waals surface area contributed by atoms with Gasteiger partial charge in [0.05, 0.1) is 0 Å². The summed E-state index contributed by atoms with van der Waals surface area (Å²) in [4.78, 5) is 12.6. The van der Waals surface area contributed by atoms with E-state index in [-0.39, 0.29) is 11.3 Å². The molecule has 0 radical (unpaired) electrons. The zero-order valence-corrected chi connectivity index (χ0v) is 13.1. The van der Waals surface area contributed by atoms with Crippen LogP contribution in [0.25, 0.3) is 10.8 Å². The molecule has 2 N–H and O–H groups in total. The molecule has 0 amide bonds. The number of nitrogens with zero attached hydrogens (tertiary/aromatic N) is 3. The minimum Gasteiger partial charge on any atom is -0.352 e. The van der Waals surface area contributed by atoms with Gasteiger partial charge in [0.15, 0.2) is 0 Å². The molecule has 3 rings (SSSR count). The van der Waals surface area contributed by atoms with Crippen molar-refractivity contribution in [3.8, 4) is 0 Å². The van der Waals surface area contributed by atoms with E-state index in [1.54, 1.807) is 0 Å². The van der Waals surface area contributed by atoms with Crippen LogP contribution in [-0.4, -0.2) is 21.0 Å². The fourth-order valence-electron chi connectivity index (χ4n) is 2.18. The van der Waals surface area contributed by atoms with Crippen molar-refractivity contribution >= 4 is 40.0 Å². The van der Waals surface area contributed by atoms with Gasteiger partial charge in [0.2, 0.25) is 17.2 Å². The lowest BCUT2D eigenvalue weighted by molar-refractivity contribution is 0.868. The standard InChI is InChI=1S/C16H16ClN5/c1-10(2)18-15-20-14(17)21-16(22-15)19-13-9-5-7-11-6-3-4-8-12(11)13/h3-10H,1-2H3,(H2,18,19,20,21,22). The van der Waals surface area contributed by atoms with Gasteiger partial charge in [-0.15, -0.1) is 0 Å². The largest absolute Gasteiger partial charge is 0.352 e. The van der Waals surface area contributed by atoms with E-state index in [4.69, 9.17) is 11.6 Å². The van der Waals surface area contributed by atoms with Crippen LogP contribution in [0.1, 0.15) is 13.8 Å². The molecule has 3 aromatic rings. The molecular weight excluding hydrogens is 298 g/mol. The zero-order chi connectivity index (χ0) is 15.5. The van der Waals surface area contributed by atoms with Crippen molar-refractivity contribution in [2.75, 3.05) is 10.6 Å². The lowest BCUT2D eigenvalue weighted by Crippen LogP contribution is -2.14. The Morgan fingerprint density at radius 3 is 2.45 bits per heavy atom. The van der Waals surface area contributed by atoms with Gasteiger partial charge >= 0.3 is 0 Å². The maximum atomic E-state index is 5.98. The molecule has 5 nitrogen and oxygen atoms in total. The molecule has 0 bridgehead atoms. The van der Waals surface area contributed by atoms with Crippen LogP contribution < -0.4 is 10.6 Å². The summed E-state index contributed by atoms with van der Waals surface area (Å²) in [6, 6.07) is 14.4. The Kier molecular flexibility index (Phi) is 4.06. The van der Waals surface area contributed by atoms with Crippen LogP contribution in [0.5, 0.6) is 0 Å². The predicted molar refractivity (Wildman–Crippen MR) is 90.8 cm³/mol. The molecule has 0 saturated heterocycles. The molecule has 1 heterocycles. The highest BCUT2D eigenvalue weighted by Gasteiger charge is 2.08. The Morgan fingerprint density at radius 2 is 1.64 bits per heavy atom. The monoisotopic (exact) mass is 313 g/mol. The van der Waals surface area contributed by atoms with E-state index in [9.17, 15) is 0 Å². The van der Waals surface area contributed by atoms with Crippen LogP contribution in [-0.2, 0) is 0 Å². The summed E-state index contributed by atoms with van der Waals surface area (Å²) in [7, 11) is 0. The van der Waals surface area contributed by atoms with Crippen molar-refractivity contribution < 1.29 is 0 Å². The molecule has 6 heteroatoms. The molecule has 0 saturated carbocycles. The Morgan fingerprint density at radius 1 is 0.909 bits per heavy atom. The van der Waals surface area contributed by atoms with Crippen molar-refractivity contribution in [3.05, 3.63) is 47.7 Å². The second kappa shape index (κ2) is 6.15. The molecule has 1 aromatic heterocycles. The minimum absolute atomic E-state index is 0.154. The number of benzene rings is 2. The first-order valence-electron chi connectivity index (χ1n) is 7.05. The third-order valence-electron chi connectivity index (χ3n) is 3.06. The van der Waals surface area contributed by atoms with E-state index in [0.717, 1.165) is 16.5 Å².